The van der Waals surface area contributed by atoms with Gasteiger partial charge in [0.15, 0.2) is 0 Å². The Kier molecular flexibility index (Phi) is 11.4. The number of hydrogen-bond donors (Lipinski definition) is 1. The summed E-state index contributed by atoms with van der Waals surface area (Å²) in [6, 6.07) is 0. The largest absolute Gasteiger partial charge is 0.305 e. The fourth-order valence-electron chi connectivity index (χ4n) is 2.07. The molecule has 1 N–H and O–H groups in total. The van der Waals surface area contributed by atoms with Gasteiger partial charge in [0, 0.05) is 11.2 Å². The maximum atomic E-state index is 11.1. The third kappa shape index (κ3) is 11.4. The van der Waals surface area contributed by atoms with Crippen LogP contribution in [0.2, 0.25) is 0 Å². The summed E-state index contributed by atoms with van der Waals surface area (Å²) in [4.78, 5) is 0. The van der Waals surface area contributed by atoms with Crippen molar-refractivity contribution in [1.82, 2.24) is 0 Å². The maximum absolute atomic E-state index is 11.1. The molecule has 0 rings (SSSR count). The van der Waals surface area contributed by atoms with E-state index in [-0.39, 0.29) is 5.25 Å². The number of rotatable bonds is 12. The first-order valence-corrected chi connectivity index (χ1v) is 9.95. The zero-order chi connectivity index (χ0) is 13.9. The Hall–Kier alpha value is 0.330. The highest BCUT2D eigenvalue weighted by Gasteiger charge is 2.12. The van der Waals surface area contributed by atoms with E-state index in [1.165, 1.54) is 57.8 Å². The van der Waals surface area contributed by atoms with Gasteiger partial charge in [0.05, 0.1) is 5.25 Å². The Bertz CT molecular complexity index is 274. The molecule has 0 aliphatic heterocycles. The van der Waals surface area contributed by atoms with Crippen molar-refractivity contribution in [2.24, 2.45) is 0 Å². The van der Waals surface area contributed by atoms with Crippen LogP contribution in [-0.4, -0.2) is 14.0 Å². The molecule has 0 spiro atoms. The topological polar surface area (TPSA) is 37.3 Å². The summed E-state index contributed by atoms with van der Waals surface area (Å²) in [5.41, 5.74) is 0. The fraction of sp³-hybridized carbons (Fsp3) is 1.00. The van der Waals surface area contributed by atoms with E-state index in [4.69, 9.17) is 0 Å². The lowest BCUT2D eigenvalue weighted by atomic mass is 10.1. The van der Waals surface area contributed by atoms with Crippen LogP contribution in [0.3, 0.4) is 0 Å². The first kappa shape index (κ1) is 18.3. The van der Waals surface area contributed by atoms with Crippen molar-refractivity contribution in [3.05, 3.63) is 0 Å². The maximum Gasteiger partial charge on any atom is 0.144 e. The highest BCUT2D eigenvalue weighted by atomic mass is 32.8. The molecular formula is C14H30O2S2. The molecule has 0 aromatic carbocycles. The summed E-state index contributed by atoms with van der Waals surface area (Å²) in [6.07, 6.45) is 13.7. The molecule has 0 saturated carbocycles. The molecule has 0 amide bonds. The van der Waals surface area contributed by atoms with Crippen molar-refractivity contribution in [3.8, 4) is 0 Å². The molecule has 0 saturated heterocycles. The molecule has 0 bridgehead atoms. The standard InChI is InChI=1S/C14H30O2S2/c1-3-4-5-6-7-8-9-10-11-12-13-14(2)18(15,16)17/h14H,3-13H2,1-2H3,(H,15,16,17). The van der Waals surface area contributed by atoms with Crippen LogP contribution in [0.5, 0.6) is 0 Å². The van der Waals surface area contributed by atoms with E-state index in [0.29, 0.717) is 0 Å². The summed E-state index contributed by atoms with van der Waals surface area (Å²) < 4.78 is 20.3. The van der Waals surface area contributed by atoms with Gasteiger partial charge in [-0.1, -0.05) is 71.1 Å². The van der Waals surface area contributed by atoms with Gasteiger partial charge in [-0.25, -0.2) is 4.21 Å². The molecular weight excluding hydrogens is 264 g/mol. The Morgan fingerprint density at radius 3 is 1.72 bits per heavy atom. The predicted octanol–water partition coefficient (Wildman–Crippen LogP) is 4.91. The van der Waals surface area contributed by atoms with Crippen LogP contribution in [0.1, 0.15) is 84.5 Å². The molecule has 2 unspecified atom stereocenters. The van der Waals surface area contributed by atoms with Gasteiger partial charge < -0.3 is 4.55 Å². The smallest absolute Gasteiger partial charge is 0.144 e. The van der Waals surface area contributed by atoms with Crippen LogP contribution in [0, 0.1) is 0 Å². The van der Waals surface area contributed by atoms with Gasteiger partial charge in [-0.05, 0) is 13.3 Å². The van der Waals surface area contributed by atoms with Crippen molar-refractivity contribution < 1.29 is 8.76 Å². The van der Waals surface area contributed by atoms with E-state index in [1.54, 1.807) is 6.92 Å². The molecule has 0 fully saturated rings. The van der Waals surface area contributed by atoms with Crippen LogP contribution < -0.4 is 0 Å². The van der Waals surface area contributed by atoms with Gasteiger partial charge in [-0.3, -0.25) is 0 Å². The van der Waals surface area contributed by atoms with E-state index in [1.807, 2.05) is 0 Å². The molecule has 2 atom stereocenters. The van der Waals surface area contributed by atoms with E-state index >= 15 is 0 Å². The minimum absolute atomic E-state index is 0.235. The first-order chi connectivity index (χ1) is 8.48. The SMILES string of the molecule is CCCCCCCCCCCCC(C)S(=O)(O)=S. The Morgan fingerprint density at radius 1 is 0.944 bits per heavy atom. The fourth-order valence-corrected chi connectivity index (χ4v) is 2.82. The molecule has 0 aliphatic rings. The highest BCUT2D eigenvalue weighted by Crippen LogP contribution is 2.13. The number of hydrogen-bond acceptors (Lipinski definition) is 2. The van der Waals surface area contributed by atoms with Crippen LogP contribution >= 0.6 is 0 Å². The lowest BCUT2D eigenvalue weighted by Gasteiger charge is -2.09. The lowest BCUT2D eigenvalue weighted by molar-refractivity contribution is 0.524. The Morgan fingerprint density at radius 2 is 1.33 bits per heavy atom. The monoisotopic (exact) mass is 294 g/mol. The van der Waals surface area contributed by atoms with Gasteiger partial charge in [0.25, 0.3) is 0 Å². The third-order valence-corrected chi connectivity index (χ3v) is 5.71. The summed E-state index contributed by atoms with van der Waals surface area (Å²) in [5.74, 6) is 0. The Balaban J connectivity index is 3.22. The van der Waals surface area contributed by atoms with Crippen molar-refractivity contribution in [1.29, 1.82) is 0 Å². The molecule has 0 heterocycles. The summed E-state index contributed by atoms with van der Waals surface area (Å²) in [6.45, 7) is 4.03. The molecule has 0 radical (unpaired) electrons. The van der Waals surface area contributed by atoms with E-state index in [0.717, 1.165) is 12.8 Å². The highest BCUT2D eigenvalue weighted by molar-refractivity contribution is 8.30. The van der Waals surface area contributed by atoms with Gasteiger partial charge in [-0.15, -0.1) is 0 Å². The zero-order valence-corrected chi connectivity index (χ0v) is 13.7. The average Bonchev–Trinajstić information content (AvgIpc) is 2.30. The van der Waals surface area contributed by atoms with Gasteiger partial charge in [0.2, 0.25) is 0 Å². The summed E-state index contributed by atoms with van der Waals surface area (Å²) in [5, 5.41) is -0.235. The molecule has 110 valence electrons. The minimum Gasteiger partial charge on any atom is -0.305 e. The zero-order valence-electron chi connectivity index (χ0n) is 12.0. The second-order valence-corrected chi connectivity index (χ2v) is 8.56. The average molecular weight is 295 g/mol. The quantitative estimate of drug-likeness (QED) is 0.520. The third-order valence-electron chi connectivity index (χ3n) is 3.47. The summed E-state index contributed by atoms with van der Waals surface area (Å²) in [7, 11) is -2.98. The van der Waals surface area contributed by atoms with E-state index in [9.17, 15) is 8.76 Å². The van der Waals surface area contributed by atoms with E-state index in [2.05, 4.69) is 18.1 Å². The van der Waals surface area contributed by atoms with Crippen molar-refractivity contribution in [2.45, 2.75) is 89.7 Å². The molecule has 0 aromatic heterocycles. The van der Waals surface area contributed by atoms with Crippen molar-refractivity contribution in [3.63, 3.8) is 0 Å². The second-order valence-electron chi connectivity index (χ2n) is 5.30. The molecule has 18 heavy (non-hydrogen) atoms. The van der Waals surface area contributed by atoms with Gasteiger partial charge in [0.1, 0.15) is 8.77 Å². The molecule has 4 heteroatoms. The van der Waals surface area contributed by atoms with Gasteiger partial charge in [-0.2, -0.15) is 0 Å². The minimum atomic E-state index is -2.98. The lowest BCUT2D eigenvalue weighted by Crippen LogP contribution is -2.14. The molecule has 2 nitrogen and oxygen atoms in total. The predicted molar refractivity (Wildman–Crippen MR) is 84.1 cm³/mol. The molecule has 0 aromatic rings. The van der Waals surface area contributed by atoms with Crippen LogP contribution in [0.25, 0.3) is 0 Å². The summed E-state index contributed by atoms with van der Waals surface area (Å²) >= 11 is 4.56. The normalized spacial score (nSPS) is 16.4. The van der Waals surface area contributed by atoms with Crippen LogP contribution in [-0.2, 0) is 20.0 Å². The van der Waals surface area contributed by atoms with Crippen molar-refractivity contribution in [2.75, 3.05) is 0 Å². The Labute approximate surface area is 118 Å². The second kappa shape index (κ2) is 11.2. The van der Waals surface area contributed by atoms with Crippen LogP contribution in [0.15, 0.2) is 0 Å². The molecule has 0 aliphatic carbocycles. The first-order valence-electron chi connectivity index (χ1n) is 7.44. The van der Waals surface area contributed by atoms with Gasteiger partial charge >= 0.3 is 0 Å². The van der Waals surface area contributed by atoms with Crippen LogP contribution in [0.4, 0.5) is 0 Å². The van der Waals surface area contributed by atoms with Crippen molar-refractivity contribution >= 4 is 20.0 Å². The van der Waals surface area contributed by atoms with E-state index < -0.39 is 8.77 Å². The number of unbranched alkanes of at least 4 members (excludes halogenated alkanes) is 9.